The molecule has 0 N–H and O–H groups in total. The van der Waals surface area contributed by atoms with Crippen LogP contribution in [0.3, 0.4) is 0 Å². The van der Waals surface area contributed by atoms with Gasteiger partial charge in [0.1, 0.15) is 0 Å². The summed E-state index contributed by atoms with van der Waals surface area (Å²) in [6.07, 6.45) is 5.76. The van der Waals surface area contributed by atoms with E-state index in [1.165, 1.54) is 14.2 Å². The fourth-order valence-corrected chi connectivity index (χ4v) is 2.12. The number of methoxy groups -OCH3 is 2. The van der Waals surface area contributed by atoms with Gasteiger partial charge in [-0.15, -0.1) is 0 Å². The molecule has 2 atom stereocenters. The summed E-state index contributed by atoms with van der Waals surface area (Å²) >= 11 is 0. The van der Waals surface area contributed by atoms with Crippen molar-refractivity contribution in [1.82, 2.24) is 4.90 Å². The first-order valence-corrected chi connectivity index (χ1v) is 5.02. The lowest BCUT2D eigenvalue weighted by Gasteiger charge is -2.32. The Balaban J connectivity index is 2.27. The minimum Gasteiger partial charge on any atom is -0.466 e. The van der Waals surface area contributed by atoms with Gasteiger partial charge in [-0.2, -0.15) is 0 Å². The van der Waals surface area contributed by atoms with Gasteiger partial charge in [0, 0.05) is 0 Å². The number of hydrogen-bond acceptors (Lipinski definition) is 4. The molecule has 0 aliphatic carbocycles. The first kappa shape index (κ1) is 10.7. The summed E-state index contributed by atoms with van der Waals surface area (Å²) in [5, 5.41) is 0. The second-order valence-electron chi connectivity index (χ2n) is 3.66. The quantitative estimate of drug-likeness (QED) is 0.489. The molecule has 1 amide bonds. The molecule has 5 heteroatoms. The third kappa shape index (κ3) is 1.48. The highest BCUT2D eigenvalue weighted by Gasteiger charge is 2.40. The number of nitrogens with zero attached hydrogens (tertiary/aromatic N) is 1. The van der Waals surface area contributed by atoms with Crippen LogP contribution in [0.25, 0.3) is 0 Å². The molecule has 2 aliphatic rings. The van der Waals surface area contributed by atoms with Gasteiger partial charge in [0.2, 0.25) is 0 Å². The van der Waals surface area contributed by atoms with E-state index in [0.717, 1.165) is 0 Å². The van der Waals surface area contributed by atoms with E-state index in [0.29, 0.717) is 12.0 Å². The molecule has 86 valence electrons. The maximum atomic E-state index is 11.6. The van der Waals surface area contributed by atoms with Crippen LogP contribution in [0.1, 0.15) is 6.42 Å². The number of carbonyl (C=O) groups excluding carboxylic acids is 2. The summed E-state index contributed by atoms with van der Waals surface area (Å²) < 4.78 is 9.38. The monoisotopic (exact) mass is 223 g/mol. The van der Waals surface area contributed by atoms with Gasteiger partial charge in [0.25, 0.3) is 0 Å². The van der Waals surface area contributed by atoms with Crippen LogP contribution in [0.2, 0.25) is 0 Å². The molecule has 0 saturated heterocycles. The topological polar surface area (TPSA) is 55.8 Å². The summed E-state index contributed by atoms with van der Waals surface area (Å²) in [5.74, 6) is -0.399. The molecule has 2 heterocycles. The predicted octanol–water partition coefficient (Wildman–Crippen LogP) is 0.865. The van der Waals surface area contributed by atoms with Gasteiger partial charge in [-0.25, -0.2) is 9.59 Å². The molecule has 5 nitrogen and oxygen atoms in total. The standard InChI is InChI=1S/C11H13NO4/c1-15-10(13)8-5-3-7-4-6-9(8)12(7)11(14)16-2/h4-7,9H,3H2,1-2H3. The Hall–Kier alpha value is -1.78. The lowest BCUT2D eigenvalue weighted by atomic mass is 10.0. The molecule has 0 aromatic carbocycles. The molecule has 0 radical (unpaired) electrons. The van der Waals surface area contributed by atoms with E-state index in [1.807, 2.05) is 18.2 Å². The van der Waals surface area contributed by atoms with Crippen LogP contribution in [0, 0.1) is 0 Å². The Morgan fingerprint density at radius 3 is 2.69 bits per heavy atom. The molecule has 0 saturated carbocycles. The van der Waals surface area contributed by atoms with Crippen molar-refractivity contribution in [1.29, 1.82) is 0 Å². The Morgan fingerprint density at radius 2 is 2.06 bits per heavy atom. The van der Waals surface area contributed by atoms with Crippen LogP contribution in [0.5, 0.6) is 0 Å². The largest absolute Gasteiger partial charge is 0.466 e. The van der Waals surface area contributed by atoms with E-state index < -0.39 is 12.1 Å². The van der Waals surface area contributed by atoms with Crippen molar-refractivity contribution < 1.29 is 19.1 Å². The minimum atomic E-state index is -0.422. The lowest BCUT2D eigenvalue weighted by Crippen LogP contribution is -2.46. The van der Waals surface area contributed by atoms with E-state index >= 15 is 0 Å². The lowest BCUT2D eigenvalue weighted by molar-refractivity contribution is -0.136. The molecule has 0 fully saturated rings. The Kier molecular flexibility index (Phi) is 2.68. The van der Waals surface area contributed by atoms with E-state index in [1.54, 1.807) is 4.90 Å². The van der Waals surface area contributed by atoms with Gasteiger partial charge >= 0.3 is 12.1 Å². The van der Waals surface area contributed by atoms with Crippen LogP contribution in [-0.2, 0) is 14.3 Å². The van der Waals surface area contributed by atoms with Crippen LogP contribution < -0.4 is 0 Å². The molecule has 2 aliphatic heterocycles. The maximum Gasteiger partial charge on any atom is 0.410 e. The van der Waals surface area contributed by atoms with E-state index in [4.69, 9.17) is 4.74 Å². The van der Waals surface area contributed by atoms with Crippen LogP contribution in [0.15, 0.2) is 23.8 Å². The summed E-state index contributed by atoms with van der Waals surface area (Å²) in [4.78, 5) is 24.6. The second kappa shape index (κ2) is 4.00. The summed E-state index contributed by atoms with van der Waals surface area (Å²) in [6.45, 7) is 0. The fourth-order valence-electron chi connectivity index (χ4n) is 2.12. The maximum absolute atomic E-state index is 11.6. The molecule has 2 bridgehead atoms. The zero-order chi connectivity index (χ0) is 11.7. The number of amides is 1. The third-order valence-corrected chi connectivity index (χ3v) is 2.88. The molecule has 0 aromatic rings. The Morgan fingerprint density at radius 1 is 1.31 bits per heavy atom. The van der Waals surface area contributed by atoms with Crippen molar-refractivity contribution in [2.45, 2.75) is 18.5 Å². The molecule has 2 unspecified atom stereocenters. The van der Waals surface area contributed by atoms with Gasteiger partial charge in [-0.3, -0.25) is 4.90 Å². The molecular weight excluding hydrogens is 210 g/mol. The van der Waals surface area contributed by atoms with Gasteiger partial charge in [0.15, 0.2) is 0 Å². The molecule has 0 aromatic heterocycles. The number of hydrogen-bond donors (Lipinski definition) is 0. The van der Waals surface area contributed by atoms with Crippen LogP contribution >= 0.6 is 0 Å². The number of ether oxygens (including phenoxy) is 2. The first-order chi connectivity index (χ1) is 7.69. The number of fused-ring (bicyclic) bond motifs is 2. The normalized spacial score (nSPS) is 26.4. The van der Waals surface area contributed by atoms with Crippen molar-refractivity contribution in [3.63, 3.8) is 0 Å². The predicted molar refractivity (Wildman–Crippen MR) is 55.7 cm³/mol. The Labute approximate surface area is 93.3 Å². The minimum absolute atomic E-state index is 0.00847. The summed E-state index contributed by atoms with van der Waals surface area (Å²) in [5.41, 5.74) is 0.498. The molecule has 0 spiro atoms. The first-order valence-electron chi connectivity index (χ1n) is 5.02. The van der Waals surface area contributed by atoms with Gasteiger partial charge in [0.05, 0.1) is 31.9 Å². The highest BCUT2D eigenvalue weighted by Crippen LogP contribution is 2.31. The molecular formula is C11H13NO4. The molecule has 2 rings (SSSR count). The Bertz CT molecular complexity index is 385. The van der Waals surface area contributed by atoms with E-state index in [-0.39, 0.29) is 12.1 Å². The van der Waals surface area contributed by atoms with Crippen LogP contribution in [-0.4, -0.2) is 43.3 Å². The van der Waals surface area contributed by atoms with Crippen molar-refractivity contribution in [2.75, 3.05) is 14.2 Å². The average Bonchev–Trinajstić information content (AvgIpc) is 2.61. The van der Waals surface area contributed by atoms with E-state index in [9.17, 15) is 9.59 Å². The van der Waals surface area contributed by atoms with Crippen molar-refractivity contribution in [3.05, 3.63) is 23.8 Å². The zero-order valence-electron chi connectivity index (χ0n) is 9.17. The van der Waals surface area contributed by atoms with Crippen molar-refractivity contribution >= 4 is 12.1 Å². The zero-order valence-corrected chi connectivity index (χ0v) is 9.17. The summed E-state index contributed by atoms with van der Waals surface area (Å²) in [7, 11) is 2.66. The van der Waals surface area contributed by atoms with Gasteiger partial charge in [-0.05, 0) is 6.42 Å². The average molecular weight is 223 g/mol. The smallest absolute Gasteiger partial charge is 0.410 e. The fraction of sp³-hybridized carbons (Fsp3) is 0.455. The van der Waals surface area contributed by atoms with Crippen molar-refractivity contribution in [3.8, 4) is 0 Å². The molecule has 16 heavy (non-hydrogen) atoms. The number of rotatable bonds is 1. The SMILES string of the molecule is COC(=O)C1=CCC2C=CC1N2C(=O)OC. The second-order valence-corrected chi connectivity index (χ2v) is 3.66. The van der Waals surface area contributed by atoms with Crippen LogP contribution in [0.4, 0.5) is 4.79 Å². The highest BCUT2D eigenvalue weighted by atomic mass is 16.5. The van der Waals surface area contributed by atoms with E-state index in [2.05, 4.69) is 4.74 Å². The van der Waals surface area contributed by atoms with Gasteiger partial charge in [-0.1, -0.05) is 18.2 Å². The highest BCUT2D eigenvalue weighted by molar-refractivity contribution is 5.92. The number of carbonyl (C=O) groups is 2. The third-order valence-electron chi connectivity index (χ3n) is 2.88. The van der Waals surface area contributed by atoms with Crippen molar-refractivity contribution in [2.24, 2.45) is 0 Å². The van der Waals surface area contributed by atoms with Gasteiger partial charge < -0.3 is 9.47 Å². The number of esters is 1. The summed E-state index contributed by atoms with van der Waals surface area (Å²) in [6, 6.07) is -0.357.